The quantitative estimate of drug-likeness (QED) is 0.0977. The Bertz CT molecular complexity index is 1740. The Labute approximate surface area is 234 Å². The van der Waals surface area contributed by atoms with E-state index in [1.807, 2.05) is 72.8 Å². The molecule has 0 fully saturated rings. The topological polar surface area (TPSA) is 77.0 Å². The molecule has 6 nitrogen and oxygen atoms in total. The molecule has 39 heavy (non-hydrogen) atoms. The van der Waals surface area contributed by atoms with Gasteiger partial charge in [-0.2, -0.15) is 5.10 Å². The van der Waals surface area contributed by atoms with E-state index in [0.29, 0.717) is 16.3 Å². The van der Waals surface area contributed by atoms with Gasteiger partial charge in [0.25, 0.3) is 5.91 Å². The highest BCUT2D eigenvalue weighted by Gasteiger charge is 2.17. The number of ether oxygens (including phenoxy) is 2. The van der Waals surface area contributed by atoms with Crippen LogP contribution in [0.3, 0.4) is 0 Å². The molecule has 0 spiro atoms. The third-order valence-corrected chi connectivity index (χ3v) is 6.60. The molecule has 0 radical (unpaired) electrons. The third-order valence-electron chi connectivity index (χ3n) is 6.06. The predicted octanol–water partition coefficient (Wildman–Crippen LogP) is 7.44. The van der Waals surface area contributed by atoms with Crippen molar-refractivity contribution in [3.63, 3.8) is 0 Å². The molecule has 0 aromatic heterocycles. The summed E-state index contributed by atoms with van der Waals surface area (Å²) in [5.41, 5.74) is 3.19. The molecule has 1 N–H and O–H groups in total. The van der Waals surface area contributed by atoms with Crippen LogP contribution < -0.4 is 14.9 Å². The van der Waals surface area contributed by atoms with Gasteiger partial charge in [-0.05, 0) is 64.9 Å². The maximum Gasteiger partial charge on any atom is 0.345 e. The highest BCUT2D eigenvalue weighted by Crippen LogP contribution is 2.29. The summed E-state index contributed by atoms with van der Waals surface area (Å²) in [4.78, 5) is 25.6. The minimum Gasteiger partial charge on any atom is -0.481 e. The SMILES string of the molecule is CC(Oc1ccc2ccccc2c1)C(=O)NN=Cc1c(OC(=O)c2ccc(Cl)cc2Cl)ccc2ccccc12. The molecule has 5 aromatic rings. The van der Waals surface area contributed by atoms with Crippen LogP contribution in [0.5, 0.6) is 11.5 Å². The second-order valence-electron chi connectivity index (χ2n) is 8.72. The van der Waals surface area contributed by atoms with Crippen molar-refractivity contribution in [2.45, 2.75) is 13.0 Å². The minimum absolute atomic E-state index is 0.171. The van der Waals surface area contributed by atoms with Crippen LogP contribution in [0.25, 0.3) is 21.5 Å². The molecule has 0 saturated heterocycles. The fourth-order valence-corrected chi connectivity index (χ4v) is 4.54. The molecule has 0 aliphatic carbocycles. The van der Waals surface area contributed by atoms with Gasteiger partial charge in [0.2, 0.25) is 0 Å². The summed E-state index contributed by atoms with van der Waals surface area (Å²) in [6.07, 6.45) is 0.634. The van der Waals surface area contributed by atoms with Crippen LogP contribution in [0.1, 0.15) is 22.8 Å². The van der Waals surface area contributed by atoms with Crippen molar-refractivity contribution in [2.24, 2.45) is 5.10 Å². The number of amides is 1. The molecular weight excluding hydrogens is 535 g/mol. The first-order chi connectivity index (χ1) is 18.9. The number of hydrogen-bond donors (Lipinski definition) is 1. The molecule has 0 aliphatic heterocycles. The maximum atomic E-state index is 12.9. The molecule has 1 atom stereocenters. The van der Waals surface area contributed by atoms with Crippen molar-refractivity contribution >= 4 is 62.8 Å². The largest absolute Gasteiger partial charge is 0.481 e. The summed E-state index contributed by atoms with van der Waals surface area (Å²) in [6.45, 7) is 1.64. The molecular formula is C31H22Cl2N2O4. The summed E-state index contributed by atoms with van der Waals surface area (Å²) in [6, 6.07) is 29.1. The summed E-state index contributed by atoms with van der Waals surface area (Å²) < 4.78 is 11.5. The molecule has 5 rings (SSSR count). The van der Waals surface area contributed by atoms with Crippen LogP contribution in [-0.4, -0.2) is 24.2 Å². The third kappa shape index (κ3) is 6.03. The number of nitrogens with one attached hydrogen (secondary N) is 1. The number of hydrogen-bond acceptors (Lipinski definition) is 5. The molecule has 0 bridgehead atoms. The number of nitrogens with zero attached hydrogens (tertiary/aromatic N) is 1. The molecule has 1 unspecified atom stereocenters. The van der Waals surface area contributed by atoms with Crippen LogP contribution in [0.4, 0.5) is 0 Å². The first-order valence-electron chi connectivity index (χ1n) is 12.1. The van der Waals surface area contributed by atoms with E-state index >= 15 is 0 Å². The van der Waals surface area contributed by atoms with Gasteiger partial charge in [0.15, 0.2) is 6.10 Å². The zero-order chi connectivity index (χ0) is 27.4. The zero-order valence-electron chi connectivity index (χ0n) is 20.7. The van der Waals surface area contributed by atoms with Crippen LogP contribution in [0.15, 0.2) is 102 Å². The van der Waals surface area contributed by atoms with Crippen LogP contribution >= 0.6 is 23.2 Å². The number of halogens is 2. The number of benzene rings is 5. The smallest absolute Gasteiger partial charge is 0.345 e. The van der Waals surface area contributed by atoms with Gasteiger partial charge in [-0.3, -0.25) is 4.79 Å². The Hall–Kier alpha value is -4.39. The fraction of sp³-hybridized carbons (Fsp3) is 0.0645. The van der Waals surface area contributed by atoms with Crippen molar-refractivity contribution in [3.05, 3.63) is 118 Å². The van der Waals surface area contributed by atoms with E-state index in [4.69, 9.17) is 32.7 Å². The summed E-state index contributed by atoms with van der Waals surface area (Å²) in [7, 11) is 0. The number of hydrazone groups is 1. The number of carbonyl (C=O) groups excluding carboxylic acids is 2. The molecule has 8 heteroatoms. The second kappa shape index (κ2) is 11.6. The van der Waals surface area contributed by atoms with Gasteiger partial charge in [-0.25, -0.2) is 10.2 Å². The fourth-order valence-electron chi connectivity index (χ4n) is 4.06. The van der Waals surface area contributed by atoms with E-state index in [9.17, 15) is 9.59 Å². The molecule has 1 amide bonds. The van der Waals surface area contributed by atoms with E-state index in [1.54, 1.807) is 19.1 Å². The Morgan fingerprint density at radius 1 is 0.846 bits per heavy atom. The average molecular weight is 557 g/mol. The normalized spacial score (nSPS) is 12.0. The van der Waals surface area contributed by atoms with Crippen molar-refractivity contribution < 1.29 is 19.1 Å². The van der Waals surface area contributed by atoms with Gasteiger partial charge in [0.1, 0.15) is 11.5 Å². The average Bonchev–Trinajstić information content (AvgIpc) is 2.93. The Morgan fingerprint density at radius 2 is 1.56 bits per heavy atom. The first-order valence-corrected chi connectivity index (χ1v) is 12.8. The summed E-state index contributed by atoms with van der Waals surface area (Å²) in [5, 5.41) is 8.50. The highest BCUT2D eigenvalue weighted by atomic mass is 35.5. The van der Waals surface area contributed by atoms with Crippen LogP contribution in [0, 0.1) is 0 Å². The zero-order valence-corrected chi connectivity index (χ0v) is 22.2. The number of carbonyl (C=O) groups is 2. The van der Waals surface area contributed by atoms with E-state index in [1.165, 1.54) is 18.3 Å². The lowest BCUT2D eigenvalue weighted by Crippen LogP contribution is -2.33. The number of esters is 1. The maximum absolute atomic E-state index is 12.9. The van der Waals surface area contributed by atoms with Crippen molar-refractivity contribution in [2.75, 3.05) is 0 Å². The van der Waals surface area contributed by atoms with Gasteiger partial charge in [0.05, 0.1) is 16.8 Å². The van der Waals surface area contributed by atoms with Crippen LogP contribution in [0.2, 0.25) is 10.0 Å². The minimum atomic E-state index is -0.805. The molecule has 0 saturated carbocycles. The van der Waals surface area contributed by atoms with Gasteiger partial charge < -0.3 is 9.47 Å². The lowest BCUT2D eigenvalue weighted by molar-refractivity contribution is -0.127. The van der Waals surface area contributed by atoms with Gasteiger partial charge >= 0.3 is 5.97 Å². The van der Waals surface area contributed by atoms with Crippen molar-refractivity contribution in [3.8, 4) is 11.5 Å². The summed E-state index contributed by atoms with van der Waals surface area (Å²) in [5.74, 6) is -0.262. The van der Waals surface area contributed by atoms with Gasteiger partial charge in [0, 0.05) is 10.6 Å². The van der Waals surface area contributed by atoms with E-state index < -0.39 is 18.0 Å². The van der Waals surface area contributed by atoms with Crippen molar-refractivity contribution in [1.82, 2.24) is 5.43 Å². The number of fused-ring (bicyclic) bond motifs is 2. The Balaban J connectivity index is 1.34. The Morgan fingerprint density at radius 3 is 2.36 bits per heavy atom. The second-order valence-corrected chi connectivity index (χ2v) is 9.56. The van der Waals surface area contributed by atoms with E-state index in [0.717, 1.165) is 21.5 Å². The van der Waals surface area contributed by atoms with E-state index in [2.05, 4.69) is 10.5 Å². The van der Waals surface area contributed by atoms with E-state index in [-0.39, 0.29) is 16.3 Å². The lowest BCUT2D eigenvalue weighted by atomic mass is 10.0. The summed E-state index contributed by atoms with van der Waals surface area (Å²) >= 11 is 12.1. The number of rotatable bonds is 7. The molecule has 0 aliphatic rings. The lowest BCUT2D eigenvalue weighted by Gasteiger charge is -2.14. The first kappa shape index (κ1) is 26.2. The predicted molar refractivity (Wildman–Crippen MR) is 155 cm³/mol. The highest BCUT2D eigenvalue weighted by molar-refractivity contribution is 6.36. The molecule has 0 heterocycles. The van der Waals surface area contributed by atoms with Gasteiger partial charge in [-0.15, -0.1) is 0 Å². The van der Waals surface area contributed by atoms with Gasteiger partial charge in [-0.1, -0.05) is 83.9 Å². The standard InChI is InChI=1S/C31H22Cl2N2O4/c1-19(38-24-13-10-20-6-2-3-8-22(20)16-24)30(36)35-34-18-27-25-9-5-4-7-21(25)11-15-29(27)39-31(37)26-14-12-23(32)17-28(26)33/h2-19H,1H3,(H,35,36). The molecule has 5 aromatic carbocycles. The van der Waals surface area contributed by atoms with Crippen LogP contribution in [-0.2, 0) is 4.79 Å². The van der Waals surface area contributed by atoms with Crippen molar-refractivity contribution in [1.29, 1.82) is 0 Å². The Kier molecular flexibility index (Phi) is 7.77. The molecule has 194 valence electrons. The monoisotopic (exact) mass is 556 g/mol.